The topological polar surface area (TPSA) is 120 Å². The van der Waals surface area contributed by atoms with Crippen LogP contribution in [0.5, 0.6) is 5.88 Å². The molecule has 1 N–H and O–H groups in total. The van der Waals surface area contributed by atoms with Crippen molar-refractivity contribution < 1.29 is 19.2 Å². The molecule has 164 valence electrons. The first-order valence-corrected chi connectivity index (χ1v) is 10.0. The monoisotopic (exact) mass is 426 g/mol. The average molecular weight is 426 g/mol. The lowest BCUT2D eigenvalue weighted by molar-refractivity contribution is 0.144. The van der Waals surface area contributed by atoms with Crippen molar-refractivity contribution in [2.24, 2.45) is 0 Å². The zero-order valence-corrected chi connectivity index (χ0v) is 17.2. The van der Waals surface area contributed by atoms with E-state index in [0.717, 1.165) is 30.5 Å². The normalized spacial score (nSPS) is 16.5. The number of nitrogens with zero attached hydrogens (tertiary/aromatic N) is 5. The lowest BCUT2D eigenvalue weighted by Crippen LogP contribution is -2.23. The molecule has 0 unspecified atom stereocenters. The maximum atomic E-state index is 11.0. The molecule has 1 atom stereocenters. The van der Waals surface area contributed by atoms with Crippen LogP contribution in [0.15, 0.2) is 47.1 Å². The lowest BCUT2D eigenvalue weighted by atomic mass is 10.1. The fraction of sp³-hybridized carbons (Fsp3) is 0.381. The summed E-state index contributed by atoms with van der Waals surface area (Å²) in [7, 11) is 1.62. The quantitative estimate of drug-likeness (QED) is 0.403. The van der Waals surface area contributed by atoms with Gasteiger partial charge in [-0.05, 0) is 43.1 Å². The van der Waals surface area contributed by atoms with Crippen molar-refractivity contribution in [1.29, 1.82) is 0 Å². The van der Waals surface area contributed by atoms with Crippen molar-refractivity contribution in [2.75, 3.05) is 32.1 Å². The zero-order chi connectivity index (χ0) is 21.6. The third-order valence-electron chi connectivity index (χ3n) is 5.17. The summed E-state index contributed by atoms with van der Waals surface area (Å²) in [4.78, 5) is 11.1. The molecule has 1 aromatic carbocycles. The van der Waals surface area contributed by atoms with Crippen LogP contribution < -0.4 is 9.96 Å². The highest BCUT2D eigenvalue weighted by molar-refractivity contribution is 5.53. The van der Waals surface area contributed by atoms with Crippen LogP contribution >= 0.6 is 0 Å². The number of hydrogen-bond acceptors (Lipinski definition) is 10. The third-order valence-corrected chi connectivity index (χ3v) is 5.17. The molecule has 0 spiro atoms. The number of likely N-dealkylation sites (tertiary alicyclic amines) is 1. The minimum Gasteiger partial charge on any atom is -0.733 e. The molecule has 0 amide bonds. The van der Waals surface area contributed by atoms with Crippen molar-refractivity contribution in [2.45, 2.75) is 25.4 Å². The first kappa shape index (κ1) is 21.2. The Balaban J connectivity index is 1.41. The number of anilines is 1. The van der Waals surface area contributed by atoms with Crippen LogP contribution in [0, 0.1) is 5.21 Å². The summed E-state index contributed by atoms with van der Waals surface area (Å²) in [6.45, 7) is 2.53. The van der Waals surface area contributed by atoms with E-state index in [4.69, 9.17) is 19.2 Å². The van der Waals surface area contributed by atoms with Gasteiger partial charge in [-0.25, -0.2) is 4.98 Å². The highest BCUT2D eigenvalue weighted by Gasteiger charge is 2.30. The Morgan fingerprint density at radius 3 is 2.77 bits per heavy atom. The van der Waals surface area contributed by atoms with E-state index in [-0.39, 0.29) is 17.0 Å². The highest BCUT2D eigenvalue weighted by atomic mass is 16.8. The minimum absolute atomic E-state index is 0.0272. The van der Waals surface area contributed by atoms with Gasteiger partial charge in [-0.1, -0.05) is 17.3 Å². The molecule has 0 radical (unpaired) electrons. The van der Waals surface area contributed by atoms with Crippen molar-refractivity contribution in [3.8, 4) is 17.3 Å². The number of aromatic nitrogens is 3. The molecule has 3 aromatic rings. The van der Waals surface area contributed by atoms with Gasteiger partial charge >= 0.3 is 0 Å². The Morgan fingerprint density at radius 2 is 2.06 bits per heavy atom. The second-order valence-electron chi connectivity index (χ2n) is 7.25. The molecule has 2 aromatic heterocycles. The second-order valence-corrected chi connectivity index (χ2v) is 7.25. The van der Waals surface area contributed by atoms with Crippen LogP contribution in [0.1, 0.15) is 30.3 Å². The summed E-state index contributed by atoms with van der Waals surface area (Å²) in [5.74, 6) is 1.57. The fourth-order valence-electron chi connectivity index (χ4n) is 3.57. The summed E-state index contributed by atoms with van der Waals surface area (Å²) >= 11 is 0. The Hall–Kier alpha value is -3.05. The van der Waals surface area contributed by atoms with Crippen molar-refractivity contribution in [3.63, 3.8) is 0 Å². The van der Waals surface area contributed by atoms with Gasteiger partial charge in [0.05, 0.1) is 18.3 Å². The van der Waals surface area contributed by atoms with Gasteiger partial charge in [0, 0.05) is 31.5 Å². The van der Waals surface area contributed by atoms with E-state index in [1.807, 2.05) is 18.2 Å². The Morgan fingerprint density at radius 1 is 1.23 bits per heavy atom. The predicted molar refractivity (Wildman–Crippen MR) is 111 cm³/mol. The van der Waals surface area contributed by atoms with E-state index in [9.17, 15) is 5.21 Å². The summed E-state index contributed by atoms with van der Waals surface area (Å²) in [6, 6.07) is 10.5. The van der Waals surface area contributed by atoms with E-state index in [2.05, 4.69) is 20.0 Å². The molecule has 0 bridgehead atoms. The third kappa shape index (κ3) is 5.17. The van der Waals surface area contributed by atoms with Gasteiger partial charge in [0.25, 0.3) is 0 Å². The lowest BCUT2D eigenvalue weighted by Gasteiger charge is -2.23. The van der Waals surface area contributed by atoms with Gasteiger partial charge in [0.2, 0.25) is 17.6 Å². The van der Waals surface area contributed by atoms with Crippen molar-refractivity contribution >= 4 is 5.69 Å². The standard InChI is InChI=1S/C21H24N5O5/c1-29-11-12-30-19-9-6-16(13-22-19)20-23-21(31-24-20)18-3-2-10-25(18)14-15-4-7-17(8-5-15)26(27)28/h4-9,13,18,27H,2-3,10-12,14H2,1H3/q-1/t18-/m1/s1. The van der Waals surface area contributed by atoms with E-state index >= 15 is 0 Å². The van der Waals surface area contributed by atoms with Crippen LogP contribution in [0.25, 0.3) is 11.4 Å². The first-order chi connectivity index (χ1) is 15.1. The maximum Gasteiger partial charge on any atom is 0.244 e. The molecular formula is C21H24N5O5-. The molecule has 31 heavy (non-hydrogen) atoms. The van der Waals surface area contributed by atoms with Gasteiger partial charge < -0.3 is 24.4 Å². The number of methoxy groups -OCH3 is 1. The molecule has 1 saturated heterocycles. The Labute approximate surface area is 179 Å². The predicted octanol–water partition coefficient (Wildman–Crippen LogP) is 3.19. The molecule has 0 saturated carbocycles. The SMILES string of the molecule is COCCOc1ccc(-c2noc([C@H]3CCCN3Cc3ccc(N([O-])O)cc3)n2)cn1. The van der Waals surface area contributed by atoms with Gasteiger partial charge in [-0.15, -0.1) is 0 Å². The van der Waals surface area contributed by atoms with Gasteiger partial charge in [-0.2, -0.15) is 4.98 Å². The number of benzene rings is 1. The number of rotatable bonds is 9. The smallest absolute Gasteiger partial charge is 0.244 e. The molecule has 1 fully saturated rings. The maximum absolute atomic E-state index is 11.0. The molecule has 10 nitrogen and oxygen atoms in total. The van der Waals surface area contributed by atoms with Gasteiger partial charge in [0.15, 0.2) is 0 Å². The van der Waals surface area contributed by atoms with E-state index < -0.39 is 0 Å². The molecule has 4 rings (SSSR count). The second kappa shape index (κ2) is 9.84. The molecule has 3 heterocycles. The van der Waals surface area contributed by atoms with Crippen molar-refractivity contribution in [3.05, 3.63) is 59.3 Å². The van der Waals surface area contributed by atoms with Crippen LogP contribution in [0.2, 0.25) is 0 Å². The average Bonchev–Trinajstić information content (AvgIpc) is 3.44. The Bertz CT molecular complexity index is 961. The fourth-order valence-corrected chi connectivity index (χ4v) is 3.57. The number of ether oxygens (including phenoxy) is 2. The molecular weight excluding hydrogens is 402 g/mol. The summed E-state index contributed by atoms with van der Waals surface area (Å²) in [6.07, 6.45) is 3.61. The van der Waals surface area contributed by atoms with E-state index in [1.54, 1.807) is 31.5 Å². The van der Waals surface area contributed by atoms with Crippen LogP contribution in [-0.4, -0.2) is 52.1 Å². The van der Waals surface area contributed by atoms with Gasteiger partial charge in [-0.3, -0.25) is 10.1 Å². The van der Waals surface area contributed by atoms with Crippen molar-refractivity contribution in [1.82, 2.24) is 20.0 Å². The number of hydrogen-bond donors (Lipinski definition) is 1. The summed E-state index contributed by atoms with van der Waals surface area (Å²) < 4.78 is 16.0. The van der Waals surface area contributed by atoms with Gasteiger partial charge in [0.1, 0.15) is 6.61 Å². The highest BCUT2D eigenvalue weighted by Crippen LogP contribution is 2.33. The minimum atomic E-state index is -0.143. The molecule has 1 aliphatic heterocycles. The van der Waals surface area contributed by atoms with Crippen LogP contribution in [0.4, 0.5) is 5.69 Å². The van der Waals surface area contributed by atoms with E-state index in [1.165, 1.54) is 0 Å². The molecule has 1 aliphatic rings. The number of pyridine rings is 1. The van der Waals surface area contributed by atoms with E-state index in [0.29, 0.717) is 37.4 Å². The summed E-state index contributed by atoms with van der Waals surface area (Å²) in [5, 5.41) is 23.9. The van der Waals surface area contributed by atoms with Crippen LogP contribution in [-0.2, 0) is 11.3 Å². The zero-order valence-electron chi connectivity index (χ0n) is 17.2. The first-order valence-electron chi connectivity index (χ1n) is 10.0. The summed E-state index contributed by atoms with van der Waals surface area (Å²) in [5.41, 5.74) is 1.98. The molecule has 10 heteroatoms. The largest absolute Gasteiger partial charge is 0.733 e. The molecule has 0 aliphatic carbocycles. The van der Waals surface area contributed by atoms with Crippen LogP contribution in [0.3, 0.4) is 0 Å². The Kier molecular flexibility index (Phi) is 6.73.